The van der Waals surface area contributed by atoms with Crippen LogP contribution in [0.1, 0.15) is 49.4 Å². The zero-order valence-electron chi connectivity index (χ0n) is 19.3. The van der Waals surface area contributed by atoms with Crippen LogP contribution < -0.4 is 10.1 Å². The molecule has 0 saturated carbocycles. The molecule has 6 heteroatoms. The molecule has 2 aromatic rings. The Morgan fingerprint density at radius 3 is 2.48 bits per heavy atom. The Morgan fingerprint density at radius 2 is 1.84 bits per heavy atom. The lowest BCUT2D eigenvalue weighted by molar-refractivity contribution is -0.142. The van der Waals surface area contributed by atoms with Crippen LogP contribution in [0.4, 0.5) is 0 Å². The van der Waals surface area contributed by atoms with Crippen molar-refractivity contribution in [3.8, 4) is 5.75 Å². The molecule has 0 aromatic heterocycles. The van der Waals surface area contributed by atoms with E-state index < -0.39 is 6.04 Å². The molecule has 0 spiro atoms. The molecule has 0 bridgehead atoms. The second kappa shape index (κ2) is 11.3. The first-order valence-corrected chi connectivity index (χ1v) is 11.5. The molecule has 2 amide bonds. The molecular weight excluding hydrogens is 456 g/mol. The summed E-state index contributed by atoms with van der Waals surface area (Å²) < 4.78 is 6.83. The van der Waals surface area contributed by atoms with Gasteiger partial charge in [-0.2, -0.15) is 0 Å². The van der Waals surface area contributed by atoms with Crippen LogP contribution in [0.15, 0.2) is 40.9 Å². The van der Waals surface area contributed by atoms with Gasteiger partial charge in [0, 0.05) is 17.1 Å². The molecule has 0 unspecified atom stereocenters. The normalized spacial score (nSPS) is 12.7. The fourth-order valence-corrected chi connectivity index (χ4v) is 3.70. The Kier molecular flexibility index (Phi) is 9.11. The number of benzene rings is 2. The van der Waals surface area contributed by atoms with Gasteiger partial charge in [0.05, 0.1) is 0 Å². The molecule has 2 aromatic carbocycles. The molecular formula is C25H33BrN2O3. The molecule has 168 valence electrons. The topological polar surface area (TPSA) is 58.6 Å². The van der Waals surface area contributed by atoms with Gasteiger partial charge in [-0.3, -0.25) is 9.59 Å². The summed E-state index contributed by atoms with van der Waals surface area (Å²) >= 11 is 3.47. The van der Waals surface area contributed by atoms with Crippen LogP contribution >= 0.6 is 15.9 Å². The number of nitrogens with one attached hydrogen (secondary N) is 1. The van der Waals surface area contributed by atoms with Gasteiger partial charge in [0.25, 0.3) is 5.91 Å². The third-order valence-electron chi connectivity index (χ3n) is 5.53. The van der Waals surface area contributed by atoms with Crippen molar-refractivity contribution in [2.75, 3.05) is 6.61 Å². The van der Waals surface area contributed by atoms with Gasteiger partial charge >= 0.3 is 0 Å². The minimum Gasteiger partial charge on any atom is -0.483 e. The number of nitrogens with zero attached hydrogens (tertiary/aromatic N) is 1. The first kappa shape index (κ1) is 24.9. The molecule has 31 heavy (non-hydrogen) atoms. The highest BCUT2D eigenvalue weighted by atomic mass is 79.9. The van der Waals surface area contributed by atoms with E-state index in [2.05, 4.69) is 27.3 Å². The Hall–Kier alpha value is -2.34. The number of aryl methyl sites for hydroxylation is 2. The van der Waals surface area contributed by atoms with E-state index in [1.54, 1.807) is 11.8 Å². The molecule has 0 aliphatic heterocycles. The number of ether oxygens (including phenoxy) is 1. The van der Waals surface area contributed by atoms with Gasteiger partial charge in [0.15, 0.2) is 6.61 Å². The minimum atomic E-state index is -0.621. The van der Waals surface area contributed by atoms with Gasteiger partial charge < -0.3 is 15.0 Å². The first-order valence-electron chi connectivity index (χ1n) is 10.7. The number of hydrogen-bond acceptors (Lipinski definition) is 3. The fourth-order valence-electron chi connectivity index (χ4n) is 3.25. The van der Waals surface area contributed by atoms with Crippen LogP contribution in [0.2, 0.25) is 0 Å². The highest BCUT2D eigenvalue weighted by Gasteiger charge is 2.27. The van der Waals surface area contributed by atoms with Crippen molar-refractivity contribution in [2.24, 2.45) is 0 Å². The fraction of sp³-hybridized carbons (Fsp3) is 0.440. The summed E-state index contributed by atoms with van der Waals surface area (Å²) in [5, 5.41) is 2.98. The Bertz CT molecular complexity index is 929. The number of carbonyl (C=O) groups is 2. The smallest absolute Gasteiger partial charge is 0.261 e. The number of carbonyl (C=O) groups excluding carboxylic acids is 2. The minimum absolute atomic E-state index is 0.0481. The van der Waals surface area contributed by atoms with Crippen molar-refractivity contribution in [1.82, 2.24) is 10.2 Å². The monoisotopic (exact) mass is 488 g/mol. The van der Waals surface area contributed by atoms with E-state index in [4.69, 9.17) is 4.74 Å². The summed E-state index contributed by atoms with van der Waals surface area (Å²) in [5.74, 6) is 0.301. The second-order valence-electron chi connectivity index (χ2n) is 8.14. The maximum atomic E-state index is 13.2. The summed E-state index contributed by atoms with van der Waals surface area (Å²) in [5.41, 5.74) is 4.15. The van der Waals surface area contributed by atoms with E-state index in [9.17, 15) is 9.59 Å². The lowest BCUT2D eigenvalue weighted by Gasteiger charge is -2.29. The molecule has 0 aliphatic carbocycles. The Labute approximate surface area is 194 Å². The van der Waals surface area contributed by atoms with Gasteiger partial charge in [-0.05, 0) is 81.5 Å². The third-order valence-corrected chi connectivity index (χ3v) is 6.02. The quantitative estimate of drug-likeness (QED) is 0.534. The predicted octanol–water partition coefficient (Wildman–Crippen LogP) is 5.09. The first-order chi connectivity index (χ1) is 14.6. The van der Waals surface area contributed by atoms with Crippen LogP contribution in [0.3, 0.4) is 0 Å². The summed E-state index contributed by atoms with van der Waals surface area (Å²) in [4.78, 5) is 27.6. The number of halogens is 1. The number of hydrogen-bond donors (Lipinski definition) is 1. The van der Waals surface area contributed by atoms with Gasteiger partial charge in [-0.1, -0.05) is 41.1 Å². The molecule has 1 N–H and O–H groups in total. The lowest BCUT2D eigenvalue weighted by atomic mass is 10.1. The molecule has 0 aliphatic rings. The molecule has 2 rings (SSSR count). The highest BCUT2D eigenvalue weighted by molar-refractivity contribution is 9.10. The highest BCUT2D eigenvalue weighted by Crippen LogP contribution is 2.23. The van der Waals surface area contributed by atoms with Crippen molar-refractivity contribution in [1.29, 1.82) is 0 Å². The maximum absolute atomic E-state index is 13.2. The molecule has 2 atom stereocenters. The van der Waals surface area contributed by atoms with Crippen molar-refractivity contribution < 1.29 is 14.3 Å². The van der Waals surface area contributed by atoms with Crippen molar-refractivity contribution >= 4 is 27.7 Å². The van der Waals surface area contributed by atoms with Crippen LogP contribution in [0.25, 0.3) is 0 Å². The standard InChI is InChI=1S/C25H33BrN2O3/c1-7-18(4)27-25(30)20(6)28(14-21-9-8-10-22(26)13-21)24(29)15-31-23-12-16(2)11-17(3)19(23)5/h8-13,18,20H,7,14-15H2,1-6H3,(H,27,30)/t18-,20-/m0/s1. The van der Waals surface area contributed by atoms with Crippen molar-refractivity contribution in [3.63, 3.8) is 0 Å². The average molecular weight is 489 g/mol. The van der Waals surface area contributed by atoms with Gasteiger partial charge in [-0.15, -0.1) is 0 Å². The maximum Gasteiger partial charge on any atom is 0.261 e. The van der Waals surface area contributed by atoms with E-state index in [1.807, 2.05) is 65.0 Å². The SMILES string of the molecule is CC[C@H](C)NC(=O)[C@H](C)N(Cc1cccc(Br)c1)C(=O)COc1cc(C)cc(C)c1C. The van der Waals surface area contributed by atoms with E-state index in [-0.39, 0.29) is 24.5 Å². The Morgan fingerprint density at radius 1 is 1.13 bits per heavy atom. The second-order valence-corrected chi connectivity index (χ2v) is 9.05. The van der Waals surface area contributed by atoms with Gasteiger partial charge in [0.1, 0.15) is 11.8 Å². The predicted molar refractivity (Wildman–Crippen MR) is 128 cm³/mol. The summed E-state index contributed by atoms with van der Waals surface area (Å²) in [6, 6.07) is 11.2. The summed E-state index contributed by atoms with van der Waals surface area (Å²) in [7, 11) is 0. The zero-order valence-corrected chi connectivity index (χ0v) is 20.9. The number of rotatable bonds is 9. The third kappa shape index (κ3) is 7.10. The molecule has 0 radical (unpaired) electrons. The van der Waals surface area contributed by atoms with Gasteiger partial charge in [-0.25, -0.2) is 0 Å². The molecule has 0 heterocycles. The largest absolute Gasteiger partial charge is 0.483 e. The van der Waals surface area contributed by atoms with E-state index in [1.165, 1.54) is 0 Å². The van der Waals surface area contributed by atoms with Crippen molar-refractivity contribution in [2.45, 2.75) is 66.6 Å². The zero-order chi connectivity index (χ0) is 23.1. The van der Waals surface area contributed by atoms with Gasteiger partial charge in [0.2, 0.25) is 5.91 Å². The van der Waals surface area contributed by atoms with Crippen LogP contribution in [-0.2, 0) is 16.1 Å². The van der Waals surface area contributed by atoms with Crippen LogP contribution in [0.5, 0.6) is 5.75 Å². The van der Waals surface area contributed by atoms with E-state index >= 15 is 0 Å². The van der Waals surface area contributed by atoms with Crippen molar-refractivity contribution in [3.05, 3.63) is 63.1 Å². The lowest BCUT2D eigenvalue weighted by Crippen LogP contribution is -2.50. The molecule has 0 saturated heterocycles. The van der Waals surface area contributed by atoms with E-state index in [0.717, 1.165) is 33.1 Å². The average Bonchev–Trinajstić information content (AvgIpc) is 2.72. The molecule has 5 nitrogen and oxygen atoms in total. The number of amides is 2. The molecule has 0 fully saturated rings. The Balaban J connectivity index is 2.22. The summed E-state index contributed by atoms with van der Waals surface area (Å²) in [6.45, 7) is 11.9. The summed E-state index contributed by atoms with van der Waals surface area (Å²) in [6.07, 6.45) is 0.827. The van der Waals surface area contributed by atoms with E-state index in [0.29, 0.717) is 12.3 Å². The van der Waals surface area contributed by atoms with Crippen LogP contribution in [0, 0.1) is 20.8 Å². The van der Waals surface area contributed by atoms with Crippen LogP contribution in [-0.4, -0.2) is 35.4 Å².